The third kappa shape index (κ3) is 6.06. The molecule has 1 aromatic heterocycles. The molecule has 164 valence electrons. The Morgan fingerprint density at radius 3 is 2.73 bits per heavy atom. The maximum absolute atomic E-state index is 12.7. The summed E-state index contributed by atoms with van der Waals surface area (Å²) in [5, 5.41) is 2.14. The molecule has 5 nitrogen and oxygen atoms in total. The number of hydrogen-bond donors (Lipinski definition) is 0. The van der Waals surface area contributed by atoms with Crippen LogP contribution in [0.25, 0.3) is 0 Å². The van der Waals surface area contributed by atoms with Gasteiger partial charge >= 0.3 is 0 Å². The normalized spacial score (nSPS) is 19.4. The molecule has 1 saturated heterocycles. The van der Waals surface area contributed by atoms with Gasteiger partial charge < -0.3 is 14.4 Å². The molecule has 1 aromatic carbocycles. The second-order valence-electron chi connectivity index (χ2n) is 8.54. The number of hydrogen-bond acceptors (Lipinski definition) is 5. The van der Waals surface area contributed by atoms with E-state index in [1.165, 1.54) is 10.4 Å². The number of carbonyl (C=O) groups is 1. The molecule has 2 aromatic rings. The van der Waals surface area contributed by atoms with Gasteiger partial charge in [-0.3, -0.25) is 9.69 Å². The number of likely N-dealkylation sites (tertiary alicyclic amines) is 1. The van der Waals surface area contributed by atoms with Gasteiger partial charge in [-0.15, -0.1) is 11.3 Å². The fourth-order valence-corrected chi connectivity index (χ4v) is 5.11. The van der Waals surface area contributed by atoms with Crippen molar-refractivity contribution < 1.29 is 14.3 Å². The van der Waals surface area contributed by atoms with Crippen molar-refractivity contribution in [1.82, 2.24) is 9.80 Å². The van der Waals surface area contributed by atoms with Crippen LogP contribution < -0.4 is 4.74 Å². The summed E-state index contributed by atoms with van der Waals surface area (Å²) in [6.07, 6.45) is 0. The second-order valence-corrected chi connectivity index (χ2v) is 9.57. The summed E-state index contributed by atoms with van der Waals surface area (Å²) in [7, 11) is 3.30. The molecule has 30 heavy (non-hydrogen) atoms. The Balaban J connectivity index is 1.81. The van der Waals surface area contributed by atoms with Crippen molar-refractivity contribution >= 4 is 17.2 Å². The summed E-state index contributed by atoms with van der Waals surface area (Å²) < 4.78 is 10.6. The first-order valence-corrected chi connectivity index (χ1v) is 11.5. The maximum Gasteiger partial charge on any atom is 0.248 e. The lowest BCUT2D eigenvalue weighted by Gasteiger charge is -2.30. The standard InChI is InChI=1S/C24H34N2O3S/c1-18(2)12-26(24(27)17-28-3)14-20-13-25(15-22-9-6-10-30-22)16-23(20)19-7-5-8-21(11-19)29-4/h5-11,18,20,23H,12-17H2,1-4H3/t20-,23-/m0/s1. The molecule has 2 heterocycles. The molecule has 1 aliphatic heterocycles. The maximum atomic E-state index is 12.7. The van der Waals surface area contributed by atoms with Crippen LogP contribution >= 0.6 is 11.3 Å². The van der Waals surface area contributed by atoms with E-state index in [1.807, 2.05) is 11.0 Å². The molecular formula is C24H34N2O3S. The van der Waals surface area contributed by atoms with Crippen LogP contribution in [0.4, 0.5) is 0 Å². The van der Waals surface area contributed by atoms with E-state index >= 15 is 0 Å². The Morgan fingerprint density at radius 2 is 2.07 bits per heavy atom. The Morgan fingerprint density at radius 1 is 1.23 bits per heavy atom. The lowest BCUT2D eigenvalue weighted by Crippen LogP contribution is -2.41. The zero-order valence-electron chi connectivity index (χ0n) is 18.5. The molecule has 0 bridgehead atoms. The highest BCUT2D eigenvalue weighted by Gasteiger charge is 2.36. The minimum atomic E-state index is 0.0762. The summed E-state index contributed by atoms with van der Waals surface area (Å²) in [4.78, 5) is 18.6. The molecule has 3 rings (SSSR count). The highest BCUT2D eigenvalue weighted by atomic mass is 32.1. The van der Waals surface area contributed by atoms with Gasteiger partial charge in [0.05, 0.1) is 7.11 Å². The van der Waals surface area contributed by atoms with Gasteiger partial charge in [0.25, 0.3) is 0 Å². The molecule has 6 heteroatoms. The van der Waals surface area contributed by atoms with E-state index in [2.05, 4.69) is 54.5 Å². The smallest absolute Gasteiger partial charge is 0.248 e. The van der Waals surface area contributed by atoms with Gasteiger partial charge in [-0.25, -0.2) is 0 Å². The Hall–Kier alpha value is -1.89. The van der Waals surface area contributed by atoms with Crippen LogP contribution in [-0.2, 0) is 16.1 Å². The molecule has 1 fully saturated rings. The van der Waals surface area contributed by atoms with Crippen LogP contribution in [0.15, 0.2) is 41.8 Å². The van der Waals surface area contributed by atoms with Gasteiger partial charge in [0.2, 0.25) is 5.91 Å². The number of nitrogens with zero attached hydrogens (tertiary/aromatic N) is 2. The Bertz CT molecular complexity index is 794. The average molecular weight is 431 g/mol. The molecule has 1 aliphatic rings. The zero-order chi connectivity index (χ0) is 21.5. The van der Waals surface area contributed by atoms with E-state index in [0.29, 0.717) is 17.8 Å². The van der Waals surface area contributed by atoms with E-state index in [-0.39, 0.29) is 12.5 Å². The van der Waals surface area contributed by atoms with Crippen molar-refractivity contribution in [1.29, 1.82) is 0 Å². The predicted molar refractivity (Wildman–Crippen MR) is 122 cm³/mol. The van der Waals surface area contributed by atoms with E-state index in [1.54, 1.807) is 25.6 Å². The molecule has 0 N–H and O–H groups in total. The van der Waals surface area contributed by atoms with Crippen LogP contribution in [0.2, 0.25) is 0 Å². The topological polar surface area (TPSA) is 42.0 Å². The van der Waals surface area contributed by atoms with Crippen LogP contribution in [0.5, 0.6) is 5.75 Å². The van der Waals surface area contributed by atoms with Crippen molar-refractivity contribution in [3.8, 4) is 5.75 Å². The molecule has 1 amide bonds. The number of benzene rings is 1. The summed E-state index contributed by atoms with van der Waals surface area (Å²) in [6.45, 7) is 8.90. The number of amides is 1. The molecular weight excluding hydrogens is 396 g/mol. The first-order chi connectivity index (χ1) is 14.5. The van der Waals surface area contributed by atoms with Crippen molar-refractivity contribution in [3.63, 3.8) is 0 Å². The van der Waals surface area contributed by atoms with Gasteiger partial charge in [0.15, 0.2) is 0 Å². The molecule has 2 atom stereocenters. The van der Waals surface area contributed by atoms with Gasteiger partial charge in [-0.05, 0) is 41.0 Å². The fourth-order valence-electron chi connectivity index (χ4n) is 4.36. The second kappa shape index (κ2) is 10.9. The highest BCUT2D eigenvalue weighted by molar-refractivity contribution is 7.09. The first kappa shape index (κ1) is 22.8. The minimum absolute atomic E-state index is 0.0762. The lowest BCUT2D eigenvalue weighted by molar-refractivity contribution is -0.136. The predicted octanol–water partition coefficient (Wildman–Crippen LogP) is 4.10. The summed E-state index contributed by atoms with van der Waals surface area (Å²) in [6, 6.07) is 12.7. The van der Waals surface area contributed by atoms with Crippen LogP contribution in [0.1, 0.15) is 30.2 Å². The first-order valence-electron chi connectivity index (χ1n) is 10.7. The Labute approximate surface area is 184 Å². The molecule has 0 spiro atoms. The third-order valence-corrected chi connectivity index (χ3v) is 6.52. The van der Waals surface area contributed by atoms with Crippen LogP contribution in [0.3, 0.4) is 0 Å². The molecule has 0 saturated carbocycles. The Kier molecular flexibility index (Phi) is 8.31. The van der Waals surface area contributed by atoms with E-state index in [0.717, 1.165) is 38.5 Å². The number of rotatable bonds is 10. The monoisotopic (exact) mass is 430 g/mol. The van der Waals surface area contributed by atoms with Crippen LogP contribution in [0, 0.1) is 11.8 Å². The third-order valence-electron chi connectivity index (χ3n) is 5.66. The summed E-state index contributed by atoms with van der Waals surface area (Å²) >= 11 is 1.81. The number of ether oxygens (including phenoxy) is 2. The summed E-state index contributed by atoms with van der Waals surface area (Å²) in [5.41, 5.74) is 1.29. The van der Waals surface area contributed by atoms with Crippen LogP contribution in [-0.4, -0.2) is 62.7 Å². The molecule has 0 aliphatic carbocycles. The quantitative estimate of drug-likeness (QED) is 0.569. The number of thiophene rings is 1. The van der Waals surface area contributed by atoms with Crippen molar-refractivity contribution in [2.45, 2.75) is 26.3 Å². The van der Waals surface area contributed by atoms with Gasteiger partial charge in [0.1, 0.15) is 12.4 Å². The highest BCUT2D eigenvalue weighted by Crippen LogP contribution is 2.36. The molecule has 0 unspecified atom stereocenters. The summed E-state index contributed by atoms with van der Waals surface area (Å²) in [5.74, 6) is 2.12. The van der Waals surface area contributed by atoms with Crippen molar-refractivity contribution in [2.24, 2.45) is 11.8 Å². The number of methoxy groups -OCH3 is 2. The van der Waals surface area contributed by atoms with E-state index in [4.69, 9.17) is 9.47 Å². The van der Waals surface area contributed by atoms with E-state index < -0.39 is 0 Å². The largest absolute Gasteiger partial charge is 0.497 e. The van der Waals surface area contributed by atoms with Gasteiger partial charge in [-0.2, -0.15) is 0 Å². The van der Waals surface area contributed by atoms with Gasteiger partial charge in [-0.1, -0.05) is 32.0 Å². The van der Waals surface area contributed by atoms with Crippen molar-refractivity contribution in [3.05, 3.63) is 52.2 Å². The fraction of sp³-hybridized carbons (Fsp3) is 0.542. The number of carbonyl (C=O) groups excluding carboxylic acids is 1. The van der Waals surface area contributed by atoms with Gasteiger partial charge in [0, 0.05) is 50.6 Å². The molecule has 0 radical (unpaired) electrons. The SMILES string of the molecule is COCC(=O)N(CC(C)C)C[C@@H]1CN(Cc2cccs2)C[C@H]1c1cccc(OC)c1. The van der Waals surface area contributed by atoms with E-state index in [9.17, 15) is 4.79 Å². The zero-order valence-corrected chi connectivity index (χ0v) is 19.4. The minimum Gasteiger partial charge on any atom is -0.497 e. The van der Waals surface area contributed by atoms with Crippen molar-refractivity contribution in [2.75, 3.05) is 47.0 Å². The lowest BCUT2D eigenvalue weighted by atomic mass is 9.88. The average Bonchev–Trinajstić information content (AvgIpc) is 3.37.